The van der Waals surface area contributed by atoms with Crippen LogP contribution in [0.5, 0.6) is 0 Å². The standard InChI is InChI=1S/C13H23N3O3/c1-9-10(15-11(17)19-12(2,3)4)7-14-16(9)8-13(5,6)18/h7,18H,8H2,1-6H3,(H,15,17). The van der Waals surface area contributed by atoms with Gasteiger partial charge in [-0.15, -0.1) is 0 Å². The van der Waals surface area contributed by atoms with Gasteiger partial charge in [-0.3, -0.25) is 10.00 Å². The number of hydrogen-bond acceptors (Lipinski definition) is 4. The van der Waals surface area contributed by atoms with Crippen molar-refractivity contribution < 1.29 is 14.6 Å². The van der Waals surface area contributed by atoms with Gasteiger partial charge in [0.05, 0.1) is 29.7 Å². The molecule has 19 heavy (non-hydrogen) atoms. The molecular weight excluding hydrogens is 246 g/mol. The van der Waals surface area contributed by atoms with Crippen molar-refractivity contribution in [1.29, 1.82) is 0 Å². The van der Waals surface area contributed by atoms with E-state index in [-0.39, 0.29) is 0 Å². The average Bonchev–Trinajstić information content (AvgIpc) is 2.44. The smallest absolute Gasteiger partial charge is 0.412 e. The lowest BCUT2D eigenvalue weighted by Gasteiger charge is -2.20. The van der Waals surface area contributed by atoms with Crippen molar-refractivity contribution in [2.75, 3.05) is 5.32 Å². The summed E-state index contributed by atoms with van der Waals surface area (Å²) in [4.78, 5) is 11.7. The Hall–Kier alpha value is -1.56. The van der Waals surface area contributed by atoms with Crippen LogP contribution in [0.25, 0.3) is 0 Å². The Labute approximate surface area is 113 Å². The Morgan fingerprint density at radius 3 is 2.47 bits per heavy atom. The molecule has 0 aromatic carbocycles. The lowest BCUT2D eigenvalue weighted by Crippen LogP contribution is -2.28. The van der Waals surface area contributed by atoms with Crippen LogP contribution < -0.4 is 5.32 Å². The highest BCUT2D eigenvalue weighted by Gasteiger charge is 2.20. The van der Waals surface area contributed by atoms with Gasteiger partial charge in [-0.25, -0.2) is 4.79 Å². The highest BCUT2D eigenvalue weighted by atomic mass is 16.6. The van der Waals surface area contributed by atoms with Gasteiger partial charge >= 0.3 is 6.09 Å². The fraction of sp³-hybridized carbons (Fsp3) is 0.692. The molecule has 1 heterocycles. The minimum Gasteiger partial charge on any atom is -0.444 e. The summed E-state index contributed by atoms with van der Waals surface area (Å²) in [5.74, 6) is 0. The van der Waals surface area contributed by atoms with E-state index in [1.165, 1.54) is 0 Å². The normalized spacial score (nSPS) is 12.4. The number of nitrogens with one attached hydrogen (secondary N) is 1. The topological polar surface area (TPSA) is 76.4 Å². The fourth-order valence-electron chi connectivity index (χ4n) is 1.51. The second kappa shape index (κ2) is 5.21. The van der Waals surface area contributed by atoms with Crippen molar-refractivity contribution >= 4 is 11.8 Å². The van der Waals surface area contributed by atoms with E-state index in [1.807, 2.05) is 6.92 Å². The van der Waals surface area contributed by atoms with Crippen molar-refractivity contribution in [3.05, 3.63) is 11.9 Å². The molecule has 0 atom stereocenters. The maximum Gasteiger partial charge on any atom is 0.412 e. The van der Waals surface area contributed by atoms with Crippen LogP contribution in [-0.4, -0.2) is 32.2 Å². The number of anilines is 1. The summed E-state index contributed by atoms with van der Waals surface area (Å²) in [7, 11) is 0. The lowest BCUT2D eigenvalue weighted by molar-refractivity contribution is 0.0571. The summed E-state index contributed by atoms with van der Waals surface area (Å²) in [6.07, 6.45) is 1.03. The maximum absolute atomic E-state index is 11.7. The van der Waals surface area contributed by atoms with Crippen LogP contribution in [0.4, 0.5) is 10.5 Å². The van der Waals surface area contributed by atoms with Crippen molar-refractivity contribution in [1.82, 2.24) is 9.78 Å². The van der Waals surface area contributed by atoms with Gasteiger partial charge < -0.3 is 9.84 Å². The Morgan fingerprint density at radius 1 is 1.42 bits per heavy atom. The monoisotopic (exact) mass is 269 g/mol. The lowest BCUT2D eigenvalue weighted by atomic mass is 10.1. The molecule has 2 N–H and O–H groups in total. The van der Waals surface area contributed by atoms with Gasteiger partial charge in [0.15, 0.2) is 0 Å². The number of rotatable bonds is 3. The first-order valence-electron chi connectivity index (χ1n) is 6.23. The summed E-state index contributed by atoms with van der Waals surface area (Å²) in [6.45, 7) is 11.0. The number of carbonyl (C=O) groups excluding carboxylic acids is 1. The van der Waals surface area contributed by atoms with Gasteiger partial charge in [0, 0.05) is 0 Å². The minimum absolute atomic E-state index is 0.356. The first kappa shape index (κ1) is 15.5. The quantitative estimate of drug-likeness (QED) is 0.882. The minimum atomic E-state index is -0.861. The highest BCUT2D eigenvalue weighted by Crippen LogP contribution is 2.17. The van der Waals surface area contributed by atoms with E-state index in [0.717, 1.165) is 5.69 Å². The molecule has 6 nitrogen and oxygen atoms in total. The van der Waals surface area contributed by atoms with Gasteiger partial charge in [0.25, 0.3) is 0 Å². The summed E-state index contributed by atoms with van der Waals surface area (Å²) in [6, 6.07) is 0. The molecule has 0 fully saturated rings. The zero-order valence-corrected chi connectivity index (χ0v) is 12.4. The third-order valence-electron chi connectivity index (χ3n) is 2.28. The molecule has 0 bridgehead atoms. The second-order valence-corrected chi connectivity index (χ2v) is 6.24. The van der Waals surface area contributed by atoms with Crippen LogP contribution in [0.15, 0.2) is 6.20 Å². The predicted octanol–water partition coefficient (Wildman–Crippen LogP) is 2.31. The Morgan fingerprint density at radius 2 is 2.00 bits per heavy atom. The number of aromatic nitrogens is 2. The molecule has 108 valence electrons. The molecule has 0 aliphatic carbocycles. The first-order chi connectivity index (χ1) is 8.48. The van der Waals surface area contributed by atoms with E-state index < -0.39 is 17.3 Å². The molecule has 0 saturated carbocycles. The van der Waals surface area contributed by atoms with Crippen LogP contribution in [0.2, 0.25) is 0 Å². The Bertz CT molecular complexity index is 453. The van der Waals surface area contributed by atoms with E-state index in [4.69, 9.17) is 4.74 Å². The fourth-order valence-corrected chi connectivity index (χ4v) is 1.51. The van der Waals surface area contributed by atoms with Crippen LogP contribution in [0.3, 0.4) is 0 Å². The number of ether oxygens (including phenoxy) is 1. The Balaban J connectivity index is 2.74. The number of amides is 1. The molecule has 1 rings (SSSR count). The average molecular weight is 269 g/mol. The van der Waals surface area contributed by atoms with Gasteiger partial charge in [-0.05, 0) is 41.5 Å². The van der Waals surface area contributed by atoms with E-state index in [0.29, 0.717) is 12.2 Å². The number of aliphatic hydroxyl groups is 1. The van der Waals surface area contributed by atoms with Crippen molar-refractivity contribution in [3.8, 4) is 0 Å². The molecule has 0 aliphatic rings. The third kappa shape index (κ3) is 5.30. The molecule has 1 aromatic heterocycles. The maximum atomic E-state index is 11.7. The SMILES string of the molecule is Cc1c(NC(=O)OC(C)(C)C)cnn1CC(C)(C)O. The molecule has 0 radical (unpaired) electrons. The number of nitrogens with zero attached hydrogens (tertiary/aromatic N) is 2. The summed E-state index contributed by atoms with van der Waals surface area (Å²) in [5, 5.41) is 16.6. The van der Waals surface area contributed by atoms with Crippen molar-refractivity contribution in [2.24, 2.45) is 0 Å². The van der Waals surface area contributed by atoms with E-state index in [9.17, 15) is 9.90 Å². The first-order valence-corrected chi connectivity index (χ1v) is 6.23. The largest absolute Gasteiger partial charge is 0.444 e. The summed E-state index contributed by atoms with van der Waals surface area (Å²) >= 11 is 0. The van der Waals surface area contributed by atoms with Crippen molar-refractivity contribution in [3.63, 3.8) is 0 Å². The molecule has 0 aliphatic heterocycles. The van der Waals surface area contributed by atoms with Gasteiger partial charge in [-0.1, -0.05) is 0 Å². The van der Waals surface area contributed by atoms with Gasteiger partial charge in [0.2, 0.25) is 0 Å². The molecule has 6 heteroatoms. The second-order valence-electron chi connectivity index (χ2n) is 6.24. The summed E-state index contributed by atoms with van der Waals surface area (Å²) < 4.78 is 6.82. The molecule has 0 unspecified atom stereocenters. The molecular formula is C13H23N3O3. The Kier molecular flexibility index (Phi) is 4.25. The number of hydrogen-bond donors (Lipinski definition) is 2. The zero-order chi connectivity index (χ0) is 14.8. The zero-order valence-electron chi connectivity index (χ0n) is 12.4. The van der Waals surface area contributed by atoms with Crippen LogP contribution in [0, 0.1) is 6.92 Å². The van der Waals surface area contributed by atoms with Crippen molar-refractivity contribution in [2.45, 2.75) is 59.3 Å². The molecule has 0 saturated heterocycles. The number of carbonyl (C=O) groups is 1. The molecule has 0 spiro atoms. The highest BCUT2D eigenvalue weighted by molar-refractivity contribution is 5.85. The van der Waals surface area contributed by atoms with Gasteiger partial charge in [0.1, 0.15) is 5.60 Å². The summed E-state index contributed by atoms with van der Waals surface area (Å²) in [5.41, 5.74) is -0.0485. The third-order valence-corrected chi connectivity index (χ3v) is 2.28. The van der Waals surface area contributed by atoms with Gasteiger partial charge in [-0.2, -0.15) is 5.10 Å². The van der Waals surface area contributed by atoms with E-state index >= 15 is 0 Å². The van der Waals surface area contributed by atoms with Crippen LogP contribution >= 0.6 is 0 Å². The molecule has 1 aromatic rings. The van der Waals surface area contributed by atoms with E-state index in [2.05, 4.69) is 10.4 Å². The predicted molar refractivity (Wildman–Crippen MR) is 73.1 cm³/mol. The van der Waals surface area contributed by atoms with Crippen LogP contribution in [-0.2, 0) is 11.3 Å². The molecule has 1 amide bonds. The van der Waals surface area contributed by atoms with Crippen LogP contribution in [0.1, 0.15) is 40.3 Å². The van der Waals surface area contributed by atoms with E-state index in [1.54, 1.807) is 45.5 Å².